The number of aliphatic hydroxyl groups is 1. The summed E-state index contributed by atoms with van der Waals surface area (Å²) in [5.41, 5.74) is 1.17. The van der Waals surface area contributed by atoms with Gasteiger partial charge in [-0.1, -0.05) is 0 Å². The molecule has 0 aliphatic heterocycles. The highest BCUT2D eigenvalue weighted by atomic mass is 16.3. The van der Waals surface area contributed by atoms with Crippen LogP contribution in [-0.2, 0) is 11.2 Å². The van der Waals surface area contributed by atoms with E-state index in [1.165, 1.54) is 5.56 Å². The molecule has 0 aliphatic rings. The van der Waals surface area contributed by atoms with Gasteiger partial charge in [0.25, 0.3) is 0 Å². The molecule has 0 saturated heterocycles. The lowest BCUT2D eigenvalue weighted by Gasteiger charge is -2.01. The molecule has 1 amide bonds. The maximum Gasteiger partial charge on any atom is 0.222 e. The Bertz CT molecular complexity index is 244. The van der Waals surface area contributed by atoms with Gasteiger partial charge in [-0.15, -0.1) is 0 Å². The maximum atomic E-state index is 10.9. The molecule has 0 aliphatic carbocycles. The molecular weight excluding hydrogens is 168 g/mol. The van der Waals surface area contributed by atoms with Gasteiger partial charge in [0.1, 0.15) is 0 Å². The van der Waals surface area contributed by atoms with Crippen molar-refractivity contribution in [1.29, 1.82) is 0 Å². The highest BCUT2D eigenvalue weighted by molar-refractivity contribution is 5.75. The largest absolute Gasteiger partial charge is 0.396 e. The van der Waals surface area contributed by atoms with Crippen LogP contribution >= 0.6 is 0 Å². The lowest BCUT2D eigenvalue weighted by molar-refractivity contribution is -0.121. The number of amides is 1. The summed E-state index contributed by atoms with van der Waals surface area (Å²) >= 11 is 0. The molecule has 1 heterocycles. The van der Waals surface area contributed by atoms with E-state index in [1.54, 1.807) is 0 Å². The second-order valence-corrected chi connectivity index (χ2v) is 2.79. The van der Waals surface area contributed by atoms with E-state index in [1.807, 2.05) is 18.5 Å². The van der Waals surface area contributed by atoms with E-state index in [9.17, 15) is 4.79 Å². The highest BCUT2D eigenvalue weighted by Crippen LogP contribution is 1.95. The average molecular weight is 182 g/mol. The third-order valence-electron chi connectivity index (χ3n) is 1.74. The summed E-state index contributed by atoms with van der Waals surface area (Å²) in [6.07, 6.45) is 4.76. The number of aromatic nitrogens is 1. The quantitative estimate of drug-likeness (QED) is 0.602. The minimum absolute atomic E-state index is 0.0873. The standard InChI is InChI=1S/C9H14N2O2/c12-6-3-9(13)11-5-2-8-1-4-10-7-8/h1,4,7,10,12H,2-3,5-6H2,(H,11,13). The number of hydrogen-bond acceptors (Lipinski definition) is 2. The molecule has 1 aromatic rings. The third kappa shape index (κ3) is 3.75. The van der Waals surface area contributed by atoms with Crippen LogP contribution in [0.2, 0.25) is 0 Å². The first-order valence-corrected chi connectivity index (χ1v) is 4.32. The maximum absolute atomic E-state index is 10.9. The van der Waals surface area contributed by atoms with Crippen molar-refractivity contribution in [3.8, 4) is 0 Å². The summed E-state index contributed by atoms with van der Waals surface area (Å²) in [4.78, 5) is 13.8. The van der Waals surface area contributed by atoms with Gasteiger partial charge in [-0.25, -0.2) is 0 Å². The Morgan fingerprint density at radius 1 is 1.62 bits per heavy atom. The van der Waals surface area contributed by atoms with E-state index in [0.29, 0.717) is 6.54 Å². The van der Waals surface area contributed by atoms with Crippen LogP contribution in [0.1, 0.15) is 12.0 Å². The zero-order valence-corrected chi connectivity index (χ0v) is 7.42. The molecule has 1 rings (SSSR count). The molecule has 0 saturated carbocycles. The summed E-state index contributed by atoms with van der Waals surface area (Å²) < 4.78 is 0. The van der Waals surface area contributed by atoms with Crippen molar-refractivity contribution in [3.05, 3.63) is 24.0 Å². The molecule has 0 aromatic carbocycles. The number of aromatic amines is 1. The van der Waals surface area contributed by atoms with E-state index in [4.69, 9.17) is 5.11 Å². The SMILES string of the molecule is O=C(CCO)NCCc1cc[nH]c1. The van der Waals surface area contributed by atoms with Crippen LogP contribution in [0, 0.1) is 0 Å². The Labute approximate surface area is 77.0 Å². The van der Waals surface area contributed by atoms with Crippen molar-refractivity contribution in [3.63, 3.8) is 0 Å². The first kappa shape index (κ1) is 9.80. The monoisotopic (exact) mass is 182 g/mol. The number of carbonyl (C=O) groups is 1. The highest BCUT2D eigenvalue weighted by Gasteiger charge is 1.98. The molecule has 1 aromatic heterocycles. The summed E-state index contributed by atoms with van der Waals surface area (Å²) in [7, 11) is 0. The number of aliphatic hydroxyl groups excluding tert-OH is 1. The minimum Gasteiger partial charge on any atom is -0.396 e. The molecule has 4 heteroatoms. The molecule has 72 valence electrons. The summed E-state index contributed by atoms with van der Waals surface area (Å²) in [6.45, 7) is 0.534. The Kier molecular flexibility index (Phi) is 4.05. The average Bonchev–Trinajstić information content (AvgIpc) is 2.57. The van der Waals surface area contributed by atoms with E-state index in [0.717, 1.165) is 6.42 Å². The molecule has 0 bridgehead atoms. The number of nitrogens with one attached hydrogen (secondary N) is 2. The fraction of sp³-hybridized carbons (Fsp3) is 0.444. The van der Waals surface area contributed by atoms with Gasteiger partial charge in [0.2, 0.25) is 5.91 Å². The van der Waals surface area contributed by atoms with E-state index in [-0.39, 0.29) is 18.9 Å². The lowest BCUT2D eigenvalue weighted by atomic mass is 10.2. The predicted molar refractivity (Wildman–Crippen MR) is 49.2 cm³/mol. The molecular formula is C9H14N2O2. The van der Waals surface area contributed by atoms with E-state index in [2.05, 4.69) is 10.3 Å². The summed E-state index contributed by atoms with van der Waals surface area (Å²) in [5.74, 6) is -0.0990. The Balaban J connectivity index is 2.11. The number of H-pyrrole nitrogens is 1. The molecule has 13 heavy (non-hydrogen) atoms. The van der Waals surface area contributed by atoms with Crippen LogP contribution in [0.15, 0.2) is 18.5 Å². The number of rotatable bonds is 5. The van der Waals surface area contributed by atoms with Gasteiger partial charge >= 0.3 is 0 Å². The Morgan fingerprint density at radius 3 is 3.08 bits per heavy atom. The molecule has 0 spiro atoms. The van der Waals surface area contributed by atoms with Gasteiger partial charge in [-0.05, 0) is 18.1 Å². The van der Waals surface area contributed by atoms with Crippen molar-refractivity contribution < 1.29 is 9.90 Å². The molecule has 0 unspecified atom stereocenters. The van der Waals surface area contributed by atoms with E-state index >= 15 is 0 Å². The van der Waals surface area contributed by atoms with Gasteiger partial charge in [0, 0.05) is 25.4 Å². The molecule has 0 fully saturated rings. The van der Waals surface area contributed by atoms with Crippen LogP contribution in [0.5, 0.6) is 0 Å². The normalized spacial score (nSPS) is 9.92. The summed E-state index contributed by atoms with van der Waals surface area (Å²) in [6, 6.07) is 1.97. The van der Waals surface area contributed by atoms with Crippen LogP contribution in [0.4, 0.5) is 0 Å². The number of hydrogen-bond donors (Lipinski definition) is 3. The van der Waals surface area contributed by atoms with Crippen molar-refractivity contribution in [1.82, 2.24) is 10.3 Å². The third-order valence-corrected chi connectivity index (χ3v) is 1.74. The van der Waals surface area contributed by atoms with Gasteiger partial charge in [-0.2, -0.15) is 0 Å². The van der Waals surface area contributed by atoms with Gasteiger partial charge in [-0.3, -0.25) is 4.79 Å². The Morgan fingerprint density at radius 2 is 2.46 bits per heavy atom. The van der Waals surface area contributed by atoms with Crippen molar-refractivity contribution in [2.24, 2.45) is 0 Å². The molecule has 0 atom stereocenters. The molecule has 3 N–H and O–H groups in total. The number of carbonyl (C=O) groups excluding carboxylic acids is 1. The summed E-state index contributed by atoms with van der Waals surface area (Å²) in [5, 5.41) is 11.2. The minimum atomic E-state index is -0.0990. The predicted octanol–water partition coefficient (Wildman–Crippen LogP) is 0.0558. The van der Waals surface area contributed by atoms with Crippen LogP contribution in [0.3, 0.4) is 0 Å². The van der Waals surface area contributed by atoms with Crippen molar-refractivity contribution in [2.75, 3.05) is 13.2 Å². The zero-order chi connectivity index (χ0) is 9.52. The van der Waals surface area contributed by atoms with Crippen molar-refractivity contribution >= 4 is 5.91 Å². The zero-order valence-electron chi connectivity index (χ0n) is 7.42. The van der Waals surface area contributed by atoms with E-state index < -0.39 is 0 Å². The van der Waals surface area contributed by atoms with Crippen LogP contribution in [-0.4, -0.2) is 29.1 Å². The smallest absolute Gasteiger partial charge is 0.222 e. The molecule has 0 radical (unpaired) electrons. The van der Waals surface area contributed by atoms with Crippen LogP contribution in [0.25, 0.3) is 0 Å². The second-order valence-electron chi connectivity index (χ2n) is 2.79. The first-order valence-electron chi connectivity index (χ1n) is 4.32. The first-order chi connectivity index (χ1) is 6.33. The molecule has 4 nitrogen and oxygen atoms in total. The van der Waals surface area contributed by atoms with Crippen molar-refractivity contribution in [2.45, 2.75) is 12.8 Å². The lowest BCUT2D eigenvalue weighted by Crippen LogP contribution is -2.26. The van der Waals surface area contributed by atoms with Crippen LogP contribution < -0.4 is 5.32 Å². The Hall–Kier alpha value is -1.29. The topological polar surface area (TPSA) is 65.1 Å². The van der Waals surface area contributed by atoms with Gasteiger partial charge in [0.15, 0.2) is 0 Å². The van der Waals surface area contributed by atoms with Gasteiger partial charge < -0.3 is 15.4 Å². The fourth-order valence-electron chi connectivity index (χ4n) is 1.05. The second kappa shape index (κ2) is 5.37. The fourth-order valence-corrected chi connectivity index (χ4v) is 1.05. The van der Waals surface area contributed by atoms with Gasteiger partial charge in [0.05, 0.1) is 6.61 Å².